The molecule has 1 atom stereocenters. The minimum Gasteiger partial charge on any atom is -0.497 e. The number of hydrogen-bond donors (Lipinski definition) is 2. The Morgan fingerprint density at radius 3 is 2.48 bits per heavy atom. The Hall–Kier alpha value is -1.79. The number of benzene rings is 1. The Labute approximate surface area is 164 Å². The van der Waals surface area contributed by atoms with Crippen LogP contribution >= 0.6 is 0 Å². The van der Waals surface area contributed by atoms with Crippen molar-refractivity contribution in [3.8, 4) is 5.75 Å². The van der Waals surface area contributed by atoms with Gasteiger partial charge in [-0.15, -0.1) is 0 Å². The summed E-state index contributed by atoms with van der Waals surface area (Å²) in [5, 5.41) is 6.93. The van der Waals surface area contributed by atoms with Gasteiger partial charge in [-0.25, -0.2) is 0 Å². The molecule has 1 aromatic rings. The molecule has 0 saturated carbocycles. The van der Waals surface area contributed by atoms with Crippen LogP contribution in [0.5, 0.6) is 5.75 Å². The number of aliphatic imine (C=N–C) groups is 1. The largest absolute Gasteiger partial charge is 0.497 e. The number of morpholine rings is 1. The van der Waals surface area contributed by atoms with Gasteiger partial charge >= 0.3 is 0 Å². The van der Waals surface area contributed by atoms with Gasteiger partial charge in [-0.1, -0.05) is 26.0 Å². The molecule has 6 heteroatoms. The summed E-state index contributed by atoms with van der Waals surface area (Å²) >= 11 is 0. The van der Waals surface area contributed by atoms with Crippen LogP contribution in [0, 0.1) is 5.92 Å². The zero-order chi connectivity index (χ0) is 19.5. The van der Waals surface area contributed by atoms with E-state index in [1.165, 1.54) is 5.56 Å². The second kappa shape index (κ2) is 11.8. The molecule has 0 amide bonds. The predicted molar refractivity (Wildman–Crippen MR) is 112 cm³/mol. The molecule has 0 aliphatic carbocycles. The first-order chi connectivity index (χ1) is 13.1. The molecule has 1 fully saturated rings. The smallest absolute Gasteiger partial charge is 0.191 e. The van der Waals surface area contributed by atoms with Crippen molar-refractivity contribution in [1.82, 2.24) is 15.5 Å². The van der Waals surface area contributed by atoms with Gasteiger partial charge < -0.3 is 20.1 Å². The van der Waals surface area contributed by atoms with E-state index in [9.17, 15) is 0 Å². The van der Waals surface area contributed by atoms with Crippen LogP contribution in [0.1, 0.15) is 25.8 Å². The van der Waals surface area contributed by atoms with E-state index < -0.39 is 0 Å². The molecule has 1 unspecified atom stereocenters. The molecule has 1 aromatic carbocycles. The molecule has 1 aliphatic rings. The number of rotatable bonds is 9. The molecule has 1 aliphatic heterocycles. The van der Waals surface area contributed by atoms with Crippen molar-refractivity contribution in [3.05, 3.63) is 29.8 Å². The highest BCUT2D eigenvalue weighted by Gasteiger charge is 2.23. The van der Waals surface area contributed by atoms with Crippen molar-refractivity contribution in [2.75, 3.05) is 53.6 Å². The maximum Gasteiger partial charge on any atom is 0.191 e. The van der Waals surface area contributed by atoms with Crippen LogP contribution in [0.2, 0.25) is 0 Å². The summed E-state index contributed by atoms with van der Waals surface area (Å²) in [6.07, 6.45) is 2.10. The van der Waals surface area contributed by atoms with Gasteiger partial charge in [-0.3, -0.25) is 9.89 Å². The third-order valence-corrected chi connectivity index (χ3v) is 5.08. The molecule has 6 nitrogen and oxygen atoms in total. The molecule has 1 saturated heterocycles. The van der Waals surface area contributed by atoms with Crippen molar-refractivity contribution >= 4 is 5.96 Å². The van der Waals surface area contributed by atoms with Gasteiger partial charge in [-0.05, 0) is 36.5 Å². The summed E-state index contributed by atoms with van der Waals surface area (Å²) < 4.78 is 10.7. The highest BCUT2D eigenvalue weighted by atomic mass is 16.5. The average molecular weight is 377 g/mol. The molecule has 152 valence electrons. The highest BCUT2D eigenvalue weighted by molar-refractivity contribution is 5.79. The van der Waals surface area contributed by atoms with Crippen molar-refractivity contribution < 1.29 is 9.47 Å². The summed E-state index contributed by atoms with van der Waals surface area (Å²) in [5.74, 6) is 2.37. The molecule has 27 heavy (non-hydrogen) atoms. The summed E-state index contributed by atoms with van der Waals surface area (Å²) in [4.78, 5) is 6.89. The monoisotopic (exact) mass is 376 g/mol. The second-order valence-corrected chi connectivity index (χ2v) is 7.29. The first-order valence-corrected chi connectivity index (χ1v) is 10.0. The van der Waals surface area contributed by atoms with Crippen LogP contribution in [0.15, 0.2) is 29.3 Å². The number of methoxy groups -OCH3 is 1. The van der Waals surface area contributed by atoms with Gasteiger partial charge in [0.1, 0.15) is 5.75 Å². The van der Waals surface area contributed by atoms with E-state index in [1.54, 1.807) is 7.11 Å². The first-order valence-electron chi connectivity index (χ1n) is 10.0. The molecule has 0 aromatic heterocycles. The van der Waals surface area contributed by atoms with Gasteiger partial charge in [0.05, 0.1) is 20.3 Å². The number of aryl methyl sites for hydroxylation is 1. The number of hydrogen-bond acceptors (Lipinski definition) is 4. The molecule has 0 bridgehead atoms. The van der Waals surface area contributed by atoms with Crippen LogP contribution in [0.25, 0.3) is 0 Å². The van der Waals surface area contributed by atoms with Crippen molar-refractivity contribution in [2.45, 2.75) is 32.7 Å². The van der Waals surface area contributed by atoms with E-state index in [-0.39, 0.29) is 0 Å². The van der Waals surface area contributed by atoms with E-state index in [0.717, 1.165) is 63.9 Å². The summed E-state index contributed by atoms with van der Waals surface area (Å²) in [6, 6.07) is 8.77. The van der Waals surface area contributed by atoms with E-state index in [0.29, 0.717) is 12.0 Å². The summed E-state index contributed by atoms with van der Waals surface area (Å²) in [6.45, 7) is 10.1. The van der Waals surface area contributed by atoms with Gasteiger partial charge in [-0.2, -0.15) is 0 Å². The van der Waals surface area contributed by atoms with Crippen LogP contribution in [-0.4, -0.2) is 70.5 Å². The lowest BCUT2D eigenvalue weighted by atomic mass is 10.0. The second-order valence-electron chi connectivity index (χ2n) is 7.29. The average Bonchev–Trinajstić information content (AvgIpc) is 2.70. The van der Waals surface area contributed by atoms with Gasteiger partial charge in [0, 0.05) is 39.3 Å². The molecule has 0 radical (unpaired) electrons. The van der Waals surface area contributed by atoms with Gasteiger partial charge in [0.2, 0.25) is 0 Å². The molecule has 2 N–H and O–H groups in total. The molecule has 1 heterocycles. The Morgan fingerprint density at radius 1 is 1.19 bits per heavy atom. The lowest BCUT2D eigenvalue weighted by molar-refractivity contribution is 0.00752. The van der Waals surface area contributed by atoms with Crippen LogP contribution in [-0.2, 0) is 11.2 Å². The summed E-state index contributed by atoms with van der Waals surface area (Å²) in [5.41, 5.74) is 1.33. The minimum absolute atomic E-state index is 0.492. The van der Waals surface area contributed by atoms with E-state index in [4.69, 9.17) is 9.47 Å². The lowest BCUT2D eigenvalue weighted by Gasteiger charge is -2.37. The Kier molecular flexibility index (Phi) is 9.42. The Morgan fingerprint density at radius 2 is 1.89 bits per heavy atom. The van der Waals surface area contributed by atoms with Crippen LogP contribution < -0.4 is 15.4 Å². The number of guanidine groups is 1. The van der Waals surface area contributed by atoms with E-state index in [1.807, 2.05) is 19.2 Å². The van der Waals surface area contributed by atoms with Crippen molar-refractivity contribution in [3.63, 3.8) is 0 Å². The topological polar surface area (TPSA) is 58.1 Å². The van der Waals surface area contributed by atoms with E-state index >= 15 is 0 Å². The van der Waals surface area contributed by atoms with Crippen molar-refractivity contribution in [1.29, 1.82) is 0 Å². The normalized spacial score (nSPS) is 17.0. The zero-order valence-electron chi connectivity index (χ0n) is 17.3. The summed E-state index contributed by atoms with van der Waals surface area (Å²) in [7, 11) is 3.53. The predicted octanol–water partition coefficient (Wildman–Crippen LogP) is 2.15. The van der Waals surface area contributed by atoms with Gasteiger partial charge in [0.25, 0.3) is 0 Å². The number of nitrogens with zero attached hydrogens (tertiary/aromatic N) is 2. The molecular formula is C21H36N4O2. The van der Waals surface area contributed by atoms with Crippen LogP contribution in [0.3, 0.4) is 0 Å². The van der Waals surface area contributed by atoms with Gasteiger partial charge in [0.15, 0.2) is 5.96 Å². The Balaban J connectivity index is 1.70. The quantitative estimate of drug-likeness (QED) is 0.393. The lowest BCUT2D eigenvalue weighted by Crippen LogP contribution is -2.52. The fraction of sp³-hybridized carbons (Fsp3) is 0.667. The van der Waals surface area contributed by atoms with Crippen molar-refractivity contribution in [2.24, 2.45) is 10.9 Å². The first kappa shape index (κ1) is 21.5. The van der Waals surface area contributed by atoms with Crippen LogP contribution in [0.4, 0.5) is 0 Å². The molecule has 2 rings (SSSR count). The van der Waals surface area contributed by atoms with E-state index in [2.05, 4.69) is 46.5 Å². The fourth-order valence-electron chi connectivity index (χ4n) is 3.41. The molecule has 0 spiro atoms. The number of nitrogens with one attached hydrogen (secondary N) is 2. The standard InChI is InChI=1S/C21H36N4O2/c1-17(2)20(25-12-14-27-15-13-25)16-24-21(22-3)23-11-5-6-18-7-9-19(26-4)10-8-18/h7-10,17,20H,5-6,11-16H2,1-4H3,(H2,22,23,24). The zero-order valence-corrected chi connectivity index (χ0v) is 17.3. The third-order valence-electron chi connectivity index (χ3n) is 5.08. The third kappa shape index (κ3) is 7.39. The SMILES string of the molecule is CN=C(NCCCc1ccc(OC)cc1)NCC(C(C)C)N1CCOCC1. The Bertz CT molecular complexity index is 554. The number of ether oxygens (including phenoxy) is 2. The fourth-order valence-corrected chi connectivity index (χ4v) is 3.41. The minimum atomic E-state index is 0.492. The maximum atomic E-state index is 5.49. The maximum absolute atomic E-state index is 5.49. The highest BCUT2D eigenvalue weighted by Crippen LogP contribution is 2.13. The molecular weight excluding hydrogens is 340 g/mol.